The Hall–Kier alpha value is -2.53. The van der Waals surface area contributed by atoms with Crippen LogP contribution in [0.5, 0.6) is 0 Å². The molecule has 1 aliphatic rings. The average molecular weight is 351 g/mol. The topological polar surface area (TPSA) is 37.3 Å². The highest BCUT2D eigenvalue weighted by Gasteiger charge is 2.14. The fraction of sp³-hybridized carbons (Fsp3) is 0.200. The third kappa shape index (κ3) is 3.20. The molecule has 1 aliphatic heterocycles. The summed E-state index contributed by atoms with van der Waals surface area (Å²) < 4.78 is 15.0. The molecule has 1 atom stereocenters. The number of hydrogen-bond donors (Lipinski definition) is 1. The van der Waals surface area contributed by atoms with Crippen LogP contribution in [0.1, 0.15) is 25.5 Å². The Bertz CT molecular complexity index is 974. The molecule has 0 amide bonds. The molecule has 5 heteroatoms. The largest absolute Gasteiger partial charge is 0.351 e. The maximum atomic E-state index is 13.9. The molecule has 0 saturated carbocycles. The second-order valence-electron chi connectivity index (χ2n) is 6.05. The SMILES string of the molecule is CCCC1C=C(c2ccc3scc(Nc4ccccc4F)c3n2)C=N1. The summed E-state index contributed by atoms with van der Waals surface area (Å²) in [5.41, 5.74) is 4.11. The molecule has 0 bridgehead atoms. The van der Waals surface area contributed by atoms with Crippen LogP contribution < -0.4 is 5.32 Å². The van der Waals surface area contributed by atoms with Crippen LogP contribution in [-0.4, -0.2) is 17.2 Å². The second kappa shape index (κ2) is 6.76. The Kier molecular flexibility index (Phi) is 4.32. The summed E-state index contributed by atoms with van der Waals surface area (Å²) in [6.07, 6.45) is 6.25. The number of benzene rings is 1. The van der Waals surface area contributed by atoms with Gasteiger partial charge in [-0.25, -0.2) is 9.37 Å². The van der Waals surface area contributed by atoms with Crippen molar-refractivity contribution in [2.45, 2.75) is 25.8 Å². The van der Waals surface area contributed by atoms with Gasteiger partial charge in [-0.05, 0) is 36.8 Å². The van der Waals surface area contributed by atoms with E-state index in [0.717, 1.165) is 40.0 Å². The zero-order valence-electron chi connectivity index (χ0n) is 13.9. The predicted octanol–water partition coefficient (Wildman–Crippen LogP) is 5.82. The maximum Gasteiger partial charge on any atom is 0.146 e. The van der Waals surface area contributed by atoms with E-state index in [0.29, 0.717) is 5.69 Å². The fourth-order valence-electron chi connectivity index (χ4n) is 2.94. The maximum absolute atomic E-state index is 13.9. The third-order valence-electron chi connectivity index (χ3n) is 4.22. The Morgan fingerprint density at radius 2 is 2.04 bits per heavy atom. The van der Waals surface area contributed by atoms with Crippen molar-refractivity contribution in [3.05, 3.63) is 59.4 Å². The Labute approximate surface area is 150 Å². The van der Waals surface area contributed by atoms with E-state index in [1.807, 2.05) is 23.7 Å². The van der Waals surface area contributed by atoms with Crippen molar-refractivity contribution in [3.8, 4) is 0 Å². The van der Waals surface area contributed by atoms with Crippen LogP contribution in [0.15, 0.2) is 52.8 Å². The summed E-state index contributed by atoms with van der Waals surface area (Å²) in [5, 5.41) is 5.14. The molecule has 0 radical (unpaired) electrons. The first-order valence-electron chi connectivity index (χ1n) is 8.40. The zero-order valence-corrected chi connectivity index (χ0v) is 14.7. The van der Waals surface area contributed by atoms with E-state index >= 15 is 0 Å². The number of aromatic nitrogens is 1. The molecule has 4 rings (SSSR count). The number of halogens is 1. The lowest BCUT2D eigenvalue weighted by Gasteiger charge is -2.06. The predicted molar refractivity (Wildman–Crippen MR) is 104 cm³/mol. The summed E-state index contributed by atoms with van der Waals surface area (Å²) in [6.45, 7) is 2.16. The summed E-state index contributed by atoms with van der Waals surface area (Å²) >= 11 is 1.60. The van der Waals surface area contributed by atoms with Crippen LogP contribution in [0.25, 0.3) is 15.8 Å². The van der Waals surface area contributed by atoms with E-state index in [1.54, 1.807) is 23.5 Å². The van der Waals surface area contributed by atoms with Gasteiger partial charge >= 0.3 is 0 Å². The monoisotopic (exact) mass is 351 g/mol. The van der Waals surface area contributed by atoms with Crippen molar-refractivity contribution in [2.75, 3.05) is 5.32 Å². The molecular weight excluding hydrogens is 333 g/mol. The number of para-hydroxylation sites is 1. The van der Waals surface area contributed by atoms with Gasteiger partial charge in [0.05, 0.1) is 27.8 Å². The van der Waals surface area contributed by atoms with Crippen molar-refractivity contribution < 1.29 is 4.39 Å². The Morgan fingerprint density at radius 3 is 2.88 bits per heavy atom. The lowest BCUT2D eigenvalue weighted by Crippen LogP contribution is -1.95. The van der Waals surface area contributed by atoms with Crippen LogP contribution in [-0.2, 0) is 0 Å². The smallest absolute Gasteiger partial charge is 0.146 e. The molecule has 0 spiro atoms. The number of pyridine rings is 1. The van der Waals surface area contributed by atoms with Gasteiger partial charge in [-0.2, -0.15) is 0 Å². The quantitative estimate of drug-likeness (QED) is 0.629. The minimum absolute atomic E-state index is 0.260. The second-order valence-corrected chi connectivity index (χ2v) is 6.96. The number of aliphatic imine (C=N–C) groups is 1. The first kappa shape index (κ1) is 16.0. The molecule has 3 aromatic rings. The Balaban J connectivity index is 1.68. The summed E-state index contributed by atoms with van der Waals surface area (Å²) in [5.74, 6) is -0.272. The summed E-state index contributed by atoms with van der Waals surface area (Å²) in [4.78, 5) is 9.34. The van der Waals surface area contributed by atoms with Gasteiger partial charge in [-0.1, -0.05) is 25.5 Å². The minimum Gasteiger partial charge on any atom is -0.351 e. The molecule has 0 saturated heterocycles. The summed E-state index contributed by atoms with van der Waals surface area (Å²) in [7, 11) is 0. The van der Waals surface area contributed by atoms with Gasteiger partial charge < -0.3 is 5.32 Å². The van der Waals surface area contributed by atoms with E-state index in [9.17, 15) is 4.39 Å². The van der Waals surface area contributed by atoms with Crippen LogP contribution in [0, 0.1) is 5.82 Å². The molecule has 1 N–H and O–H groups in total. The average Bonchev–Trinajstić information content (AvgIpc) is 3.24. The standard InChI is InChI=1S/C20H18FN3S/c1-2-5-14-10-13(11-22-14)16-8-9-19-20(24-16)18(12-25-19)23-17-7-4-3-6-15(17)21/h3-4,6-12,14,23H,2,5H2,1H3. The van der Waals surface area contributed by atoms with E-state index in [-0.39, 0.29) is 11.9 Å². The normalized spacial score (nSPS) is 16.4. The first-order valence-corrected chi connectivity index (χ1v) is 9.27. The van der Waals surface area contributed by atoms with Crippen molar-refractivity contribution in [1.82, 2.24) is 4.98 Å². The molecular formula is C20H18FN3S. The lowest BCUT2D eigenvalue weighted by molar-refractivity contribution is 0.632. The van der Waals surface area contributed by atoms with E-state index in [4.69, 9.17) is 4.98 Å². The number of fused-ring (bicyclic) bond motifs is 1. The van der Waals surface area contributed by atoms with Gasteiger partial charge in [0.2, 0.25) is 0 Å². The lowest BCUT2D eigenvalue weighted by atomic mass is 10.1. The highest BCUT2D eigenvalue weighted by Crippen LogP contribution is 2.33. The molecule has 3 nitrogen and oxygen atoms in total. The number of thiophene rings is 1. The zero-order chi connectivity index (χ0) is 17.2. The molecule has 1 unspecified atom stereocenters. The fourth-order valence-corrected chi connectivity index (χ4v) is 3.77. The molecule has 126 valence electrons. The number of nitrogens with one attached hydrogen (secondary N) is 1. The molecule has 0 aliphatic carbocycles. The molecule has 0 fully saturated rings. The van der Waals surface area contributed by atoms with Gasteiger partial charge in [0.1, 0.15) is 11.3 Å². The van der Waals surface area contributed by atoms with Crippen LogP contribution >= 0.6 is 11.3 Å². The van der Waals surface area contributed by atoms with Gasteiger partial charge in [0, 0.05) is 17.2 Å². The minimum atomic E-state index is -0.272. The van der Waals surface area contributed by atoms with Crippen LogP contribution in [0.3, 0.4) is 0 Å². The Morgan fingerprint density at radius 1 is 1.16 bits per heavy atom. The van der Waals surface area contributed by atoms with Gasteiger partial charge in [0.25, 0.3) is 0 Å². The van der Waals surface area contributed by atoms with Crippen molar-refractivity contribution in [3.63, 3.8) is 0 Å². The summed E-state index contributed by atoms with van der Waals surface area (Å²) in [6, 6.07) is 11.0. The molecule has 3 heterocycles. The molecule has 2 aromatic heterocycles. The molecule has 1 aromatic carbocycles. The van der Waals surface area contributed by atoms with Crippen LogP contribution in [0.4, 0.5) is 15.8 Å². The number of allylic oxidation sites excluding steroid dienone is 1. The highest BCUT2D eigenvalue weighted by molar-refractivity contribution is 7.17. The number of hydrogen-bond acceptors (Lipinski definition) is 4. The van der Waals surface area contributed by atoms with E-state index < -0.39 is 0 Å². The first-order chi connectivity index (χ1) is 12.2. The van der Waals surface area contributed by atoms with E-state index in [2.05, 4.69) is 29.4 Å². The van der Waals surface area contributed by atoms with E-state index in [1.165, 1.54) is 6.07 Å². The number of nitrogens with zero attached hydrogens (tertiary/aromatic N) is 2. The third-order valence-corrected chi connectivity index (χ3v) is 5.15. The van der Waals surface area contributed by atoms with Gasteiger partial charge in [-0.15, -0.1) is 11.3 Å². The van der Waals surface area contributed by atoms with Gasteiger partial charge in [-0.3, -0.25) is 4.99 Å². The number of rotatable bonds is 5. The van der Waals surface area contributed by atoms with Crippen molar-refractivity contribution >= 4 is 44.7 Å². The van der Waals surface area contributed by atoms with Crippen LogP contribution in [0.2, 0.25) is 0 Å². The number of anilines is 2. The highest BCUT2D eigenvalue weighted by atomic mass is 32.1. The van der Waals surface area contributed by atoms with Gasteiger partial charge in [0.15, 0.2) is 0 Å². The van der Waals surface area contributed by atoms with Crippen molar-refractivity contribution in [2.24, 2.45) is 4.99 Å². The molecule has 25 heavy (non-hydrogen) atoms. The van der Waals surface area contributed by atoms with Crippen molar-refractivity contribution in [1.29, 1.82) is 0 Å².